The van der Waals surface area contributed by atoms with Gasteiger partial charge in [0.05, 0.1) is 17.5 Å². The van der Waals surface area contributed by atoms with Crippen molar-refractivity contribution in [3.63, 3.8) is 0 Å². The van der Waals surface area contributed by atoms with Crippen LogP contribution in [0.15, 0.2) is 90.0 Å². The van der Waals surface area contributed by atoms with Crippen LogP contribution in [0.1, 0.15) is 38.9 Å². The molecule has 39 heavy (non-hydrogen) atoms. The molecule has 1 heterocycles. The molecule has 4 rings (SSSR count). The van der Waals surface area contributed by atoms with Crippen LogP contribution in [0.2, 0.25) is 0 Å². The number of sulfonamides is 1. The first-order chi connectivity index (χ1) is 18.3. The standard InChI is InChI=1S/C28H29N5O4S.ClH/c1-2-38(36,37)32-24(16-20-8-4-3-5-9-20)28(35)33-25-11-7-6-10-23(25)17-26(33)27(34)30-18-21-12-14-22(15-13-21)19-31-29;/h3-15,17,19,24,32H,2,16,18,29H2,1H3,(H,30,34);1H/t24-;/m1./s1. The Balaban J connectivity index is 0.00000420. The first-order valence-corrected chi connectivity index (χ1v) is 13.8. The summed E-state index contributed by atoms with van der Waals surface area (Å²) in [5.41, 5.74) is 3.10. The van der Waals surface area contributed by atoms with E-state index in [9.17, 15) is 18.0 Å². The molecule has 0 radical (unpaired) electrons. The number of amides is 1. The summed E-state index contributed by atoms with van der Waals surface area (Å²) in [5, 5.41) is 7.04. The normalized spacial score (nSPS) is 12.2. The second kappa shape index (κ2) is 13.2. The van der Waals surface area contributed by atoms with E-state index in [1.54, 1.807) is 24.3 Å². The van der Waals surface area contributed by atoms with Gasteiger partial charge >= 0.3 is 0 Å². The van der Waals surface area contributed by atoms with Crippen molar-refractivity contribution in [1.82, 2.24) is 14.6 Å². The number of hydrazone groups is 1. The van der Waals surface area contributed by atoms with Gasteiger partial charge in [-0.1, -0.05) is 72.8 Å². The monoisotopic (exact) mass is 567 g/mol. The number of para-hydroxylation sites is 1. The molecule has 0 spiro atoms. The van der Waals surface area contributed by atoms with Crippen molar-refractivity contribution in [3.8, 4) is 0 Å². The Kier molecular flexibility index (Phi) is 10.00. The number of nitrogens with zero attached hydrogens (tertiary/aromatic N) is 2. The molecule has 0 bridgehead atoms. The van der Waals surface area contributed by atoms with Crippen molar-refractivity contribution in [2.45, 2.75) is 25.9 Å². The summed E-state index contributed by atoms with van der Waals surface area (Å²) in [5.74, 6) is 4.00. The number of nitrogens with two attached hydrogens (primary N) is 1. The molecule has 0 aliphatic heterocycles. The van der Waals surface area contributed by atoms with Gasteiger partial charge in [0, 0.05) is 11.9 Å². The minimum absolute atomic E-state index is 0. The molecule has 3 aromatic carbocycles. The summed E-state index contributed by atoms with van der Waals surface area (Å²) >= 11 is 0. The van der Waals surface area contributed by atoms with E-state index in [-0.39, 0.29) is 36.8 Å². The first-order valence-electron chi connectivity index (χ1n) is 12.1. The van der Waals surface area contributed by atoms with Crippen molar-refractivity contribution < 1.29 is 18.0 Å². The summed E-state index contributed by atoms with van der Waals surface area (Å²) < 4.78 is 28.9. The molecule has 0 fully saturated rings. The van der Waals surface area contributed by atoms with Crippen LogP contribution in [-0.4, -0.2) is 42.8 Å². The maximum absolute atomic E-state index is 13.9. The highest BCUT2D eigenvalue weighted by Crippen LogP contribution is 2.22. The van der Waals surface area contributed by atoms with E-state index in [2.05, 4.69) is 15.1 Å². The molecule has 11 heteroatoms. The fourth-order valence-electron chi connectivity index (χ4n) is 4.12. The van der Waals surface area contributed by atoms with Crippen LogP contribution in [0.4, 0.5) is 0 Å². The summed E-state index contributed by atoms with van der Waals surface area (Å²) in [6.07, 6.45) is 1.65. The number of aromatic nitrogens is 1. The Hall–Kier alpha value is -3.99. The van der Waals surface area contributed by atoms with E-state index in [1.807, 2.05) is 60.7 Å². The second-order valence-corrected chi connectivity index (χ2v) is 10.8. The second-order valence-electron chi connectivity index (χ2n) is 8.73. The largest absolute Gasteiger partial charge is 0.347 e. The lowest BCUT2D eigenvalue weighted by Gasteiger charge is -2.20. The number of carbonyl (C=O) groups excluding carboxylic acids is 2. The van der Waals surface area contributed by atoms with Crippen LogP contribution < -0.4 is 15.9 Å². The van der Waals surface area contributed by atoms with Crippen molar-refractivity contribution in [2.75, 3.05) is 5.75 Å². The highest BCUT2D eigenvalue weighted by atomic mass is 35.5. The van der Waals surface area contributed by atoms with E-state index in [0.29, 0.717) is 10.9 Å². The fraction of sp³-hybridized carbons (Fsp3) is 0.179. The van der Waals surface area contributed by atoms with Gasteiger partial charge in [0.25, 0.3) is 5.91 Å². The minimum atomic E-state index is -3.72. The third-order valence-corrected chi connectivity index (χ3v) is 7.51. The zero-order valence-electron chi connectivity index (χ0n) is 21.3. The highest BCUT2D eigenvalue weighted by Gasteiger charge is 2.29. The van der Waals surface area contributed by atoms with E-state index >= 15 is 0 Å². The molecule has 1 amide bonds. The van der Waals surface area contributed by atoms with Crippen LogP contribution in [-0.2, 0) is 23.0 Å². The Bertz CT molecular complexity index is 1570. The number of nitrogens with one attached hydrogen (secondary N) is 2. The van der Waals surface area contributed by atoms with Crippen LogP contribution in [0.3, 0.4) is 0 Å². The Morgan fingerprint density at radius 1 is 0.974 bits per heavy atom. The third-order valence-electron chi connectivity index (χ3n) is 6.10. The highest BCUT2D eigenvalue weighted by molar-refractivity contribution is 7.89. The van der Waals surface area contributed by atoms with Gasteiger partial charge in [0.1, 0.15) is 11.7 Å². The van der Waals surface area contributed by atoms with E-state index in [1.165, 1.54) is 17.7 Å². The molecule has 0 saturated heterocycles. The predicted molar refractivity (Wildman–Crippen MR) is 156 cm³/mol. The van der Waals surface area contributed by atoms with E-state index < -0.39 is 27.9 Å². The van der Waals surface area contributed by atoms with E-state index in [4.69, 9.17) is 5.84 Å². The Morgan fingerprint density at radius 3 is 2.31 bits per heavy atom. The van der Waals surface area contributed by atoms with Crippen LogP contribution in [0, 0.1) is 0 Å². The number of benzene rings is 3. The minimum Gasteiger partial charge on any atom is -0.347 e. The van der Waals surface area contributed by atoms with Crippen LogP contribution in [0.5, 0.6) is 0 Å². The molecule has 4 N–H and O–H groups in total. The number of halogens is 1. The molecule has 1 atom stereocenters. The molecule has 0 aliphatic rings. The number of hydrogen-bond acceptors (Lipinski definition) is 6. The molecule has 204 valence electrons. The smallest absolute Gasteiger partial charge is 0.268 e. The number of carbonyl (C=O) groups is 2. The summed E-state index contributed by atoms with van der Waals surface area (Å²) in [6, 6.07) is 24.1. The van der Waals surface area contributed by atoms with Crippen molar-refractivity contribution in [3.05, 3.63) is 107 Å². The topological polar surface area (TPSA) is 136 Å². The first kappa shape index (κ1) is 29.6. The third kappa shape index (κ3) is 7.32. The maximum Gasteiger partial charge on any atom is 0.268 e. The van der Waals surface area contributed by atoms with Gasteiger partial charge in [0.15, 0.2) is 0 Å². The maximum atomic E-state index is 13.9. The average Bonchev–Trinajstić information content (AvgIpc) is 3.32. The lowest BCUT2D eigenvalue weighted by Crippen LogP contribution is -2.46. The van der Waals surface area contributed by atoms with Crippen LogP contribution >= 0.6 is 12.4 Å². The summed E-state index contributed by atoms with van der Waals surface area (Å²) in [6.45, 7) is 1.73. The van der Waals surface area contributed by atoms with Gasteiger partial charge in [-0.3, -0.25) is 14.2 Å². The lowest BCUT2D eigenvalue weighted by molar-refractivity contribution is 0.0846. The number of hydrogen-bond donors (Lipinski definition) is 3. The van der Waals surface area contributed by atoms with Crippen LogP contribution in [0.25, 0.3) is 10.9 Å². The quantitative estimate of drug-likeness (QED) is 0.153. The molecule has 9 nitrogen and oxygen atoms in total. The van der Waals surface area contributed by atoms with Gasteiger partial charge in [-0.15, -0.1) is 12.4 Å². The molecule has 1 aromatic heterocycles. The Morgan fingerprint density at radius 2 is 1.64 bits per heavy atom. The van der Waals surface area contributed by atoms with Gasteiger partial charge in [-0.05, 0) is 42.2 Å². The van der Waals surface area contributed by atoms with Gasteiger partial charge in [-0.2, -0.15) is 5.10 Å². The number of fused-ring (bicyclic) bond motifs is 1. The fourth-order valence-corrected chi connectivity index (χ4v) is 4.91. The van der Waals surface area contributed by atoms with Crippen molar-refractivity contribution in [1.29, 1.82) is 0 Å². The van der Waals surface area contributed by atoms with Gasteiger partial charge in [-0.25, -0.2) is 13.1 Å². The molecule has 0 saturated carbocycles. The molecular formula is C28H30ClN5O4S. The van der Waals surface area contributed by atoms with Crippen molar-refractivity contribution in [2.24, 2.45) is 10.9 Å². The van der Waals surface area contributed by atoms with Gasteiger partial charge < -0.3 is 11.2 Å². The average molecular weight is 568 g/mol. The predicted octanol–water partition coefficient (Wildman–Crippen LogP) is 3.48. The Labute approximate surface area is 233 Å². The SMILES string of the molecule is CCS(=O)(=O)N[C@H](Cc1ccccc1)C(=O)n1c(C(=O)NCc2ccc(C=NN)cc2)cc2ccccc21.Cl. The molecule has 0 aliphatic carbocycles. The zero-order chi connectivity index (χ0) is 27.1. The van der Waals surface area contributed by atoms with Gasteiger partial charge in [0.2, 0.25) is 15.9 Å². The summed E-state index contributed by atoms with van der Waals surface area (Å²) in [7, 11) is -3.72. The molecule has 0 unspecified atom stereocenters. The molecule has 4 aromatic rings. The lowest BCUT2D eigenvalue weighted by atomic mass is 10.1. The zero-order valence-corrected chi connectivity index (χ0v) is 22.9. The molecular weight excluding hydrogens is 538 g/mol. The van der Waals surface area contributed by atoms with Crippen molar-refractivity contribution >= 4 is 51.4 Å². The number of rotatable bonds is 10. The van der Waals surface area contributed by atoms with E-state index in [0.717, 1.165) is 16.7 Å². The summed E-state index contributed by atoms with van der Waals surface area (Å²) in [4.78, 5) is 27.3.